The van der Waals surface area contributed by atoms with Gasteiger partial charge in [0.25, 0.3) is 0 Å². The predicted molar refractivity (Wildman–Crippen MR) is 345 cm³/mol. The van der Waals surface area contributed by atoms with Crippen molar-refractivity contribution in [1.82, 2.24) is 45.0 Å². The second-order valence-electron chi connectivity index (χ2n) is 34.7. The van der Waals surface area contributed by atoms with E-state index >= 15 is 0 Å². The highest BCUT2D eigenvalue weighted by atomic mass is 16.3. The van der Waals surface area contributed by atoms with Crippen molar-refractivity contribution in [3.63, 3.8) is 0 Å². The highest BCUT2D eigenvalue weighted by Crippen LogP contribution is 2.69. The molecule has 3 aromatic rings. The highest BCUT2D eigenvalue weighted by molar-refractivity contribution is 5.19. The molecule has 27 atom stereocenters. The summed E-state index contributed by atoms with van der Waals surface area (Å²) in [5.74, 6) is 16.0. The number of aliphatic hydroxyl groups is 3. The molecule has 0 radical (unpaired) electrons. The summed E-state index contributed by atoms with van der Waals surface area (Å²) >= 11 is 0. The van der Waals surface area contributed by atoms with Crippen LogP contribution in [0.1, 0.15) is 216 Å². The Hall–Kier alpha value is -3.48. The van der Waals surface area contributed by atoms with Gasteiger partial charge in [0.1, 0.15) is 0 Å². The Morgan fingerprint density at radius 2 is 0.724 bits per heavy atom. The lowest BCUT2D eigenvalue weighted by atomic mass is 9.48. The molecule has 3 aromatic heterocycles. The van der Waals surface area contributed by atoms with Crippen LogP contribution in [0.3, 0.4) is 0 Å². The lowest BCUT2D eigenvalue weighted by Gasteiger charge is -2.58. The van der Waals surface area contributed by atoms with Crippen LogP contribution < -0.4 is 0 Å². The van der Waals surface area contributed by atoms with Gasteiger partial charge in [-0.1, -0.05) is 88.4 Å². The first kappa shape index (κ1) is 62.3. The summed E-state index contributed by atoms with van der Waals surface area (Å²) in [6, 6.07) is 0. The van der Waals surface area contributed by atoms with Crippen LogP contribution >= 0.6 is 0 Å². The van der Waals surface area contributed by atoms with Crippen molar-refractivity contribution in [2.24, 2.45) is 141 Å². The fourth-order valence-electron chi connectivity index (χ4n) is 25.6. The molecule has 12 aliphatic carbocycles. The van der Waals surface area contributed by atoms with Gasteiger partial charge in [-0.05, 0) is 315 Å². The summed E-state index contributed by atoms with van der Waals surface area (Å²) < 4.78 is 3.87. The second-order valence-corrected chi connectivity index (χ2v) is 34.7. The molecule has 480 valence electrons. The average Bonchev–Trinajstić information content (AvgIpc) is 1.82. The Labute approximate surface area is 524 Å². The lowest BCUT2D eigenvalue weighted by molar-refractivity contribution is -0.121. The van der Waals surface area contributed by atoms with Crippen LogP contribution in [0.2, 0.25) is 0 Å². The zero-order valence-electron chi connectivity index (χ0n) is 55.7. The molecule has 0 aromatic carbocycles. The van der Waals surface area contributed by atoms with E-state index in [2.05, 4.69) is 113 Å². The molecule has 0 aliphatic heterocycles. The monoisotopic (exact) mass is 1190 g/mol. The Kier molecular flexibility index (Phi) is 16.9. The molecule has 12 heteroatoms. The quantitative estimate of drug-likeness (QED) is 0.178. The molecule has 0 unspecified atom stereocenters. The number of hydrogen-bond donors (Lipinski definition) is 3. The lowest BCUT2D eigenvalue weighted by Crippen LogP contribution is -2.52. The minimum absolute atomic E-state index is 0.407. The van der Waals surface area contributed by atoms with Gasteiger partial charge in [0.15, 0.2) is 0 Å². The topological polar surface area (TPSA) is 153 Å². The summed E-state index contributed by atoms with van der Waals surface area (Å²) in [6.07, 6.45) is 42.2. The molecule has 12 aliphatic rings. The molecule has 15 rings (SSSR count). The number of rotatable bonds is 9. The number of nitrogens with zero attached hydrogens (tertiary/aromatic N) is 9. The summed E-state index contributed by atoms with van der Waals surface area (Å²) in [4.78, 5) is 1.80. The number of allylic oxidation sites excluding steroid dienone is 3. The molecule has 0 saturated heterocycles. The van der Waals surface area contributed by atoms with Gasteiger partial charge in [0.2, 0.25) is 0 Å². The molecule has 12 nitrogen and oxygen atoms in total. The van der Waals surface area contributed by atoms with Gasteiger partial charge in [-0.2, -0.15) is 15.0 Å². The van der Waals surface area contributed by atoms with Gasteiger partial charge in [0.05, 0.1) is 61.2 Å². The second kappa shape index (κ2) is 23.6. The van der Waals surface area contributed by atoms with Crippen molar-refractivity contribution in [2.75, 3.05) is 0 Å². The first-order chi connectivity index (χ1) is 41.4. The maximum Gasteiger partial charge on any atom is 0.0817 e. The van der Waals surface area contributed by atoms with E-state index in [-0.39, 0.29) is 0 Å². The Balaban J connectivity index is 0.000000121. The van der Waals surface area contributed by atoms with Crippen molar-refractivity contribution in [1.29, 1.82) is 0 Å². The normalized spacial score (nSPS) is 49.2. The fraction of sp³-hybridized carbons (Fsp3) is 0.840. The van der Waals surface area contributed by atoms with Crippen LogP contribution in [-0.4, -0.2) is 77.1 Å². The van der Waals surface area contributed by atoms with Crippen LogP contribution in [-0.2, 0) is 19.6 Å². The Morgan fingerprint density at radius 3 is 1.03 bits per heavy atom. The first-order valence-electron chi connectivity index (χ1n) is 36.1. The van der Waals surface area contributed by atoms with Gasteiger partial charge in [-0.3, -0.25) is 0 Å². The first-order valence-corrected chi connectivity index (χ1v) is 36.1. The summed E-state index contributed by atoms with van der Waals surface area (Å²) in [5.41, 5.74) is 3.93. The third-order valence-electron chi connectivity index (χ3n) is 30.6. The molecule has 3 N–H and O–H groups in total. The maximum atomic E-state index is 10.8. The standard InChI is InChI=1S/3C25H39N3O/c2*1-16(15-28-12-11-26-27-28)22-7-8-23-20-6-5-18-14-25(4,29)17(2)13-21(18)19(20)9-10-24(22,23)3;1-16(15-28-26-11-12-27-28)22-7-8-23-20-6-5-18-14-25(4,29)17(2)13-21(18)19(20)9-10-24(22,23)3/h3*11-12,17-23,29H,1,5-10,13-15H2,2-4H3/t3*17-,18-,19-,20+,21-,22+,23-,24+,25-/m000/s1. The summed E-state index contributed by atoms with van der Waals surface area (Å²) in [7, 11) is 0. The SMILES string of the molecule is C=C(Cn1ccnn1)[C@H]1CC[C@H]2[C@@H]3CC[C@H]4C[C@](C)(O)[C@@H](C)C[C@@H]4[C@H]3CC[C@]12C.C=C(Cn1ccnn1)[C@H]1CC[C@H]2[C@@H]3CC[C@H]4C[C@](C)(O)[C@@H](C)C[C@@H]4[C@H]3CC[C@]12C.C=C(Cn1nccn1)[C@H]1CC[C@H]2[C@@H]3CC[C@H]4C[C@](C)(O)[C@@H](C)C[C@@H]4[C@H]3CC[C@]12C. The van der Waals surface area contributed by atoms with Crippen molar-refractivity contribution in [2.45, 2.75) is 253 Å². The maximum absolute atomic E-state index is 10.8. The van der Waals surface area contributed by atoms with Gasteiger partial charge in [-0.15, -0.1) is 10.2 Å². The zero-order valence-corrected chi connectivity index (χ0v) is 55.7. The number of fused-ring (bicyclic) bond motifs is 15. The van der Waals surface area contributed by atoms with E-state index in [1.54, 1.807) is 29.6 Å². The molecular formula is C75H117N9O3. The van der Waals surface area contributed by atoms with E-state index in [0.717, 1.165) is 128 Å². The van der Waals surface area contributed by atoms with Gasteiger partial charge >= 0.3 is 0 Å². The van der Waals surface area contributed by atoms with Crippen molar-refractivity contribution < 1.29 is 15.3 Å². The molecule has 0 amide bonds. The summed E-state index contributed by atoms with van der Waals surface area (Å²) in [6.45, 7) is 36.8. The van der Waals surface area contributed by atoms with Crippen molar-refractivity contribution >= 4 is 0 Å². The van der Waals surface area contributed by atoms with Gasteiger partial charge in [0, 0.05) is 12.4 Å². The predicted octanol–water partition coefficient (Wildman–Crippen LogP) is 15.3. The van der Waals surface area contributed by atoms with E-state index in [1.807, 2.05) is 21.8 Å². The Bertz CT molecular complexity index is 2570. The zero-order chi connectivity index (χ0) is 61.2. The molecule has 0 spiro atoms. The molecule has 12 fully saturated rings. The van der Waals surface area contributed by atoms with E-state index in [4.69, 9.17) is 0 Å². The number of hydrogen-bond acceptors (Lipinski definition) is 9. The number of aromatic nitrogens is 9. The van der Waals surface area contributed by atoms with E-state index < -0.39 is 16.8 Å². The molecular weight excluding hydrogens is 1070 g/mol. The van der Waals surface area contributed by atoms with E-state index in [0.29, 0.717) is 51.8 Å². The smallest absolute Gasteiger partial charge is 0.0817 e. The van der Waals surface area contributed by atoms with Crippen LogP contribution in [0.5, 0.6) is 0 Å². The van der Waals surface area contributed by atoms with Crippen LogP contribution in [0.25, 0.3) is 0 Å². The van der Waals surface area contributed by atoms with E-state index in [9.17, 15) is 15.3 Å². The Morgan fingerprint density at radius 1 is 0.402 bits per heavy atom. The van der Waals surface area contributed by atoms with Gasteiger partial charge in [-0.25, -0.2) is 9.36 Å². The van der Waals surface area contributed by atoms with Gasteiger partial charge < -0.3 is 15.3 Å². The van der Waals surface area contributed by atoms with Crippen LogP contribution in [0.4, 0.5) is 0 Å². The molecule has 3 heterocycles. The van der Waals surface area contributed by atoms with E-state index in [1.165, 1.54) is 152 Å². The van der Waals surface area contributed by atoms with Crippen LogP contribution in [0.15, 0.2) is 73.6 Å². The summed E-state index contributed by atoms with van der Waals surface area (Å²) in [5, 5.41) is 57.4. The third-order valence-corrected chi connectivity index (χ3v) is 30.6. The van der Waals surface area contributed by atoms with Crippen molar-refractivity contribution in [3.8, 4) is 0 Å². The molecule has 12 saturated carbocycles. The highest BCUT2D eigenvalue weighted by Gasteiger charge is 2.62. The average molecular weight is 1190 g/mol. The molecule has 0 bridgehead atoms. The minimum atomic E-state index is -0.450. The van der Waals surface area contributed by atoms with Crippen molar-refractivity contribution in [3.05, 3.63) is 73.6 Å². The minimum Gasteiger partial charge on any atom is -0.390 e. The molecule has 87 heavy (non-hydrogen) atoms. The third kappa shape index (κ3) is 11.2. The largest absolute Gasteiger partial charge is 0.390 e. The van der Waals surface area contributed by atoms with Crippen LogP contribution in [0, 0.1) is 141 Å². The fourth-order valence-corrected chi connectivity index (χ4v) is 25.6.